The molecule has 1 N–H and O–H groups in total. The Morgan fingerprint density at radius 1 is 1.38 bits per heavy atom. The molecule has 1 aliphatic rings. The molecular formula is C12H16O. The van der Waals surface area contributed by atoms with Crippen LogP contribution in [0.4, 0.5) is 0 Å². The van der Waals surface area contributed by atoms with Gasteiger partial charge in [0.1, 0.15) is 0 Å². The van der Waals surface area contributed by atoms with Crippen molar-refractivity contribution in [3.05, 3.63) is 34.9 Å². The lowest BCUT2D eigenvalue weighted by atomic mass is 9.88. The average molecular weight is 176 g/mol. The van der Waals surface area contributed by atoms with E-state index in [1.807, 2.05) is 0 Å². The first-order chi connectivity index (χ1) is 6.00. The Kier molecular flexibility index (Phi) is 1.74. The molecule has 0 saturated heterocycles. The molecule has 0 saturated carbocycles. The van der Waals surface area contributed by atoms with Crippen molar-refractivity contribution < 1.29 is 5.11 Å². The van der Waals surface area contributed by atoms with E-state index in [0.717, 1.165) is 12.0 Å². The van der Waals surface area contributed by atoms with Crippen LogP contribution in [0.5, 0.6) is 0 Å². The van der Waals surface area contributed by atoms with E-state index in [-0.39, 0.29) is 11.5 Å². The van der Waals surface area contributed by atoms with Crippen LogP contribution in [-0.2, 0) is 6.42 Å². The SMILES string of the molecule is Cc1ccc2c(c1)CC(C)(C)C2O. The van der Waals surface area contributed by atoms with Gasteiger partial charge in [-0.15, -0.1) is 0 Å². The third kappa shape index (κ3) is 1.28. The van der Waals surface area contributed by atoms with Crippen molar-refractivity contribution in [3.8, 4) is 0 Å². The zero-order valence-electron chi connectivity index (χ0n) is 8.46. The van der Waals surface area contributed by atoms with Crippen LogP contribution >= 0.6 is 0 Å². The molecule has 70 valence electrons. The van der Waals surface area contributed by atoms with Crippen LogP contribution in [0.2, 0.25) is 0 Å². The highest BCUT2D eigenvalue weighted by Crippen LogP contribution is 2.44. The van der Waals surface area contributed by atoms with Gasteiger partial charge in [0.25, 0.3) is 0 Å². The van der Waals surface area contributed by atoms with Gasteiger partial charge in [-0.3, -0.25) is 0 Å². The quantitative estimate of drug-likeness (QED) is 0.644. The third-order valence-electron chi connectivity index (χ3n) is 2.98. The Hall–Kier alpha value is -0.820. The van der Waals surface area contributed by atoms with Gasteiger partial charge in [0.2, 0.25) is 0 Å². The molecule has 0 aliphatic heterocycles. The predicted octanol–water partition coefficient (Wildman–Crippen LogP) is 2.61. The molecule has 0 radical (unpaired) electrons. The van der Waals surface area contributed by atoms with Gasteiger partial charge in [-0.2, -0.15) is 0 Å². The molecule has 13 heavy (non-hydrogen) atoms. The fourth-order valence-corrected chi connectivity index (χ4v) is 2.16. The fraction of sp³-hybridized carbons (Fsp3) is 0.500. The van der Waals surface area contributed by atoms with Gasteiger partial charge >= 0.3 is 0 Å². The van der Waals surface area contributed by atoms with E-state index in [1.54, 1.807) is 0 Å². The molecule has 1 aromatic carbocycles. The summed E-state index contributed by atoms with van der Waals surface area (Å²) >= 11 is 0. The number of fused-ring (bicyclic) bond motifs is 1. The summed E-state index contributed by atoms with van der Waals surface area (Å²) in [5.74, 6) is 0. The first-order valence-electron chi connectivity index (χ1n) is 4.78. The number of aliphatic hydroxyl groups excluding tert-OH is 1. The monoisotopic (exact) mass is 176 g/mol. The predicted molar refractivity (Wildman–Crippen MR) is 53.6 cm³/mol. The molecule has 0 aromatic heterocycles. The lowest BCUT2D eigenvalue weighted by Crippen LogP contribution is -2.16. The zero-order chi connectivity index (χ0) is 9.64. The van der Waals surface area contributed by atoms with Gasteiger partial charge in [-0.05, 0) is 29.9 Å². The molecule has 1 aromatic rings. The van der Waals surface area contributed by atoms with Gasteiger partial charge in [-0.1, -0.05) is 37.6 Å². The molecule has 0 heterocycles. The summed E-state index contributed by atoms with van der Waals surface area (Å²) < 4.78 is 0. The minimum absolute atomic E-state index is 0.0100. The molecule has 1 heteroatoms. The van der Waals surface area contributed by atoms with Crippen LogP contribution < -0.4 is 0 Å². The second-order valence-electron chi connectivity index (χ2n) is 4.77. The Labute approximate surface area is 79.4 Å². The Balaban J connectivity index is 2.50. The van der Waals surface area contributed by atoms with Gasteiger partial charge in [0, 0.05) is 0 Å². The fourth-order valence-electron chi connectivity index (χ4n) is 2.16. The van der Waals surface area contributed by atoms with E-state index in [4.69, 9.17) is 0 Å². The standard InChI is InChI=1S/C12H16O/c1-8-4-5-10-9(6-8)7-12(2,3)11(10)13/h4-6,11,13H,7H2,1-3H3. The summed E-state index contributed by atoms with van der Waals surface area (Å²) in [4.78, 5) is 0. The molecule has 1 nitrogen and oxygen atoms in total. The number of benzene rings is 1. The van der Waals surface area contributed by atoms with E-state index in [1.165, 1.54) is 11.1 Å². The van der Waals surface area contributed by atoms with E-state index in [9.17, 15) is 5.11 Å². The minimum Gasteiger partial charge on any atom is -0.388 e. The largest absolute Gasteiger partial charge is 0.388 e. The van der Waals surface area contributed by atoms with E-state index in [2.05, 4.69) is 39.0 Å². The highest BCUT2D eigenvalue weighted by atomic mass is 16.3. The van der Waals surface area contributed by atoms with Crippen molar-refractivity contribution in [1.29, 1.82) is 0 Å². The van der Waals surface area contributed by atoms with Gasteiger partial charge < -0.3 is 5.11 Å². The van der Waals surface area contributed by atoms with Crippen molar-refractivity contribution in [2.75, 3.05) is 0 Å². The van der Waals surface area contributed by atoms with Crippen LogP contribution in [0.1, 0.15) is 36.6 Å². The van der Waals surface area contributed by atoms with Crippen LogP contribution in [0.15, 0.2) is 18.2 Å². The number of hydrogen-bond donors (Lipinski definition) is 1. The van der Waals surface area contributed by atoms with E-state index < -0.39 is 0 Å². The van der Waals surface area contributed by atoms with Crippen LogP contribution in [0.25, 0.3) is 0 Å². The summed E-state index contributed by atoms with van der Waals surface area (Å²) in [6, 6.07) is 6.32. The summed E-state index contributed by atoms with van der Waals surface area (Å²) in [6.07, 6.45) is 0.702. The molecule has 0 fully saturated rings. The molecule has 2 rings (SSSR count). The maximum atomic E-state index is 10.0. The van der Waals surface area contributed by atoms with Gasteiger partial charge in [-0.25, -0.2) is 0 Å². The second kappa shape index (κ2) is 2.58. The van der Waals surface area contributed by atoms with Crippen LogP contribution in [0.3, 0.4) is 0 Å². The highest BCUT2D eigenvalue weighted by molar-refractivity contribution is 5.38. The number of aryl methyl sites for hydroxylation is 1. The topological polar surface area (TPSA) is 20.2 Å². The molecule has 0 bridgehead atoms. The maximum absolute atomic E-state index is 10.0. The highest BCUT2D eigenvalue weighted by Gasteiger charge is 2.37. The average Bonchev–Trinajstić information content (AvgIpc) is 2.22. The van der Waals surface area contributed by atoms with Crippen molar-refractivity contribution in [2.45, 2.75) is 33.3 Å². The molecule has 1 aliphatic carbocycles. The van der Waals surface area contributed by atoms with Crippen molar-refractivity contribution >= 4 is 0 Å². The molecule has 0 amide bonds. The number of hydrogen-bond acceptors (Lipinski definition) is 1. The Morgan fingerprint density at radius 3 is 2.77 bits per heavy atom. The first kappa shape index (κ1) is 8.76. The van der Waals surface area contributed by atoms with Gasteiger partial charge in [0.05, 0.1) is 6.10 Å². The van der Waals surface area contributed by atoms with E-state index >= 15 is 0 Å². The van der Waals surface area contributed by atoms with Crippen molar-refractivity contribution in [2.24, 2.45) is 5.41 Å². The lowest BCUT2D eigenvalue weighted by molar-refractivity contribution is 0.0666. The summed E-state index contributed by atoms with van der Waals surface area (Å²) in [6.45, 7) is 6.33. The smallest absolute Gasteiger partial charge is 0.0846 e. The lowest BCUT2D eigenvalue weighted by Gasteiger charge is -2.22. The van der Waals surface area contributed by atoms with Crippen LogP contribution in [-0.4, -0.2) is 5.11 Å². The third-order valence-corrected chi connectivity index (χ3v) is 2.98. The van der Waals surface area contributed by atoms with E-state index in [0.29, 0.717) is 0 Å². The molecular weight excluding hydrogens is 160 g/mol. The molecule has 0 spiro atoms. The maximum Gasteiger partial charge on any atom is 0.0846 e. The summed E-state index contributed by atoms with van der Waals surface area (Å²) in [5.41, 5.74) is 3.73. The zero-order valence-corrected chi connectivity index (χ0v) is 8.46. The van der Waals surface area contributed by atoms with Crippen molar-refractivity contribution in [3.63, 3.8) is 0 Å². The number of rotatable bonds is 0. The van der Waals surface area contributed by atoms with Crippen LogP contribution in [0, 0.1) is 12.3 Å². The molecule has 1 unspecified atom stereocenters. The Bertz CT molecular complexity index is 339. The summed E-state index contributed by atoms with van der Waals surface area (Å²) in [5, 5.41) is 10.0. The Morgan fingerprint density at radius 2 is 2.08 bits per heavy atom. The second-order valence-corrected chi connectivity index (χ2v) is 4.77. The van der Waals surface area contributed by atoms with Crippen molar-refractivity contribution in [1.82, 2.24) is 0 Å². The summed E-state index contributed by atoms with van der Waals surface area (Å²) in [7, 11) is 0. The first-order valence-corrected chi connectivity index (χ1v) is 4.78. The van der Waals surface area contributed by atoms with Gasteiger partial charge in [0.15, 0.2) is 0 Å². The normalized spacial score (nSPS) is 24.5. The number of aliphatic hydroxyl groups is 1. The minimum atomic E-state index is -0.289. The molecule has 1 atom stereocenters.